The fraction of sp³-hybridized carbons (Fsp3) is 0.238. The zero-order chi connectivity index (χ0) is 17.1. The summed E-state index contributed by atoms with van der Waals surface area (Å²) in [5.41, 5.74) is 1.65. The molecule has 0 radical (unpaired) electrons. The van der Waals surface area contributed by atoms with E-state index in [1.807, 2.05) is 60.8 Å². The summed E-state index contributed by atoms with van der Waals surface area (Å²) in [7, 11) is 0. The third-order valence-corrected chi connectivity index (χ3v) is 5.07. The van der Waals surface area contributed by atoms with Crippen molar-refractivity contribution in [2.45, 2.75) is 31.1 Å². The molecule has 0 bridgehead atoms. The van der Waals surface area contributed by atoms with Crippen molar-refractivity contribution in [1.29, 1.82) is 0 Å². The second-order valence-corrected chi connectivity index (χ2v) is 6.59. The largest absolute Gasteiger partial charge is 0.308 e. The van der Waals surface area contributed by atoms with Crippen LogP contribution in [0.5, 0.6) is 0 Å². The van der Waals surface area contributed by atoms with Gasteiger partial charge in [0.15, 0.2) is 5.82 Å². The lowest BCUT2D eigenvalue weighted by Crippen LogP contribution is -2.38. The molecule has 0 spiro atoms. The predicted octanol–water partition coefficient (Wildman–Crippen LogP) is 4.32. The van der Waals surface area contributed by atoms with Crippen LogP contribution in [-0.4, -0.2) is 15.7 Å². The number of anilines is 1. The van der Waals surface area contributed by atoms with Crippen LogP contribution in [0.3, 0.4) is 0 Å². The molecule has 0 saturated heterocycles. The van der Waals surface area contributed by atoms with Crippen molar-refractivity contribution in [1.82, 2.24) is 9.78 Å². The molecule has 4 nitrogen and oxygen atoms in total. The van der Waals surface area contributed by atoms with E-state index < -0.39 is 5.41 Å². The molecule has 1 saturated carbocycles. The van der Waals surface area contributed by atoms with E-state index in [1.165, 1.54) is 0 Å². The number of aromatic nitrogens is 2. The quantitative estimate of drug-likeness (QED) is 0.774. The summed E-state index contributed by atoms with van der Waals surface area (Å²) in [6.45, 7) is 0. The van der Waals surface area contributed by atoms with E-state index in [4.69, 9.17) is 0 Å². The zero-order valence-electron chi connectivity index (χ0n) is 14.1. The van der Waals surface area contributed by atoms with E-state index >= 15 is 0 Å². The Morgan fingerprint density at radius 2 is 1.56 bits per heavy atom. The minimum absolute atomic E-state index is 0.0505. The summed E-state index contributed by atoms with van der Waals surface area (Å²) < 4.78 is 1.78. The van der Waals surface area contributed by atoms with Crippen LogP contribution in [0, 0.1) is 0 Å². The molecule has 4 heteroatoms. The molecule has 1 aromatic heterocycles. The molecule has 1 amide bonds. The molecule has 0 aliphatic heterocycles. The van der Waals surface area contributed by atoms with Crippen molar-refractivity contribution >= 4 is 11.7 Å². The highest BCUT2D eigenvalue weighted by molar-refractivity contribution is 5.98. The number of hydrogen-bond donors (Lipinski definition) is 1. The van der Waals surface area contributed by atoms with Gasteiger partial charge in [-0.2, -0.15) is 5.10 Å². The Balaban J connectivity index is 1.58. The van der Waals surface area contributed by atoms with Crippen molar-refractivity contribution in [2.24, 2.45) is 0 Å². The Labute approximate surface area is 147 Å². The van der Waals surface area contributed by atoms with E-state index in [0.717, 1.165) is 36.9 Å². The first-order valence-corrected chi connectivity index (χ1v) is 8.76. The van der Waals surface area contributed by atoms with Gasteiger partial charge in [-0.25, -0.2) is 4.68 Å². The lowest BCUT2D eigenvalue weighted by molar-refractivity contribution is -0.121. The Kier molecular flexibility index (Phi) is 4.10. The van der Waals surface area contributed by atoms with Gasteiger partial charge in [-0.15, -0.1) is 0 Å². The third-order valence-electron chi connectivity index (χ3n) is 5.07. The van der Waals surface area contributed by atoms with Gasteiger partial charge >= 0.3 is 0 Å². The van der Waals surface area contributed by atoms with Gasteiger partial charge < -0.3 is 5.32 Å². The average Bonchev–Trinajstić information content (AvgIpc) is 3.34. The van der Waals surface area contributed by atoms with Crippen molar-refractivity contribution in [3.63, 3.8) is 0 Å². The molecule has 1 N–H and O–H groups in total. The van der Waals surface area contributed by atoms with Crippen LogP contribution in [0.4, 0.5) is 5.82 Å². The number of carbonyl (C=O) groups is 1. The average molecular weight is 331 g/mol. The van der Waals surface area contributed by atoms with Crippen molar-refractivity contribution in [2.75, 3.05) is 5.32 Å². The smallest absolute Gasteiger partial charge is 0.236 e. The van der Waals surface area contributed by atoms with E-state index in [2.05, 4.69) is 22.5 Å². The fourth-order valence-electron chi connectivity index (χ4n) is 3.73. The van der Waals surface area contributed by atoms with Crippen LogP contribution in [-0.2, 0) is 10.2 Å². The maximum atomic E-state index is 13.1. The summed E-state index contributed by atoms with van der Waals surface area (Å²) in [6, 6.07) is 21.9. The summed E-state index contributed by atoms with van der Waals surface area (Å²) in [4.78, 5) is 13.1. The normalized spacial score (nSPS) is 15.8. The zero-order valence-corrected chi connectivity index (χ0v) is 14.1. The summed E-state index contributed by atoms with van der Waals surface area (Å²) in [5.74, 6) is 0.644. The van der Waals surface area contributed by atoms with Crippen LogP contribution in [0.1, 0.15) is 31.2 Å². The molecule has 1 heterocycles. The number of rotatable bonds is 4. The second-order valence-electron chi connectivity index (χ2n) is 6.59. The number of nitrogens with one attached hydrogen (secondary N) is 1. The van der Waals surface area contributed by atoms with Crippen LogP contribution in [0.15, 0.2) is 72.9 Å². The lowest BCUT2D eigenvalue weighted by Gasteiger charge is -2.27. The van der Waals surface area contributed by atoms with Gasteiger partial charge in [0.2, 0.25) is 5.91 Å². The van der Waals surface area contributed by atoms with Gasteiger partial charge in [-0.1, -0.05) is 61.4 Å². The van der Waals surface area contributed by atoms with Gasteiger partial charge in [-0.3, -0.25) is 4.79 Å². The fourth-order valence-corrected chi connectivity index (χ4v) is 3.73. The van der Waals surface area contributed by atoms with Crippen LogP contribution in [0.25, 0.3) is 5.69 Å². The Hall–Kier alpha value is -2.88. The Morgan fingerprint density at radius 1 is 0.920 bits per heavy atom. The maximum Gasteiger partial charge on any atom is 0.236 e. The maximum absolute atomic E-state index is 13.1. The molecule has 25 heavy (non-hydrogen) atoms. The standard InChI is InChI=1S/C21H21N3O/c25-20(21(14-7-8-15-21)17-9-3-1-4-10-17)22-19-13-16-24(23-19)18-11-5-2-6-12-18/h1-6,9-13,16H,7-8,14-15H2,(H,22,23,25). The summed E-state index contributed by atoms with van der Waals surface area (Å²) in [5, 5.41) is 7.54. The van der Waals surface area contributed by atoms with Crippen molar-refractivity contribution in [3.05, 3.63) is 78.5 Å². The van der Waals surface area contributed by atoms with E-state index in [1.54, 1.807) is 4.68 Å². The highest BCUT2D eigenvalue weighted by Gasteiger charge is 2.42. The van der Waals surface area contributed by atoms with Gasteiger partial charge in [0.05, 0.1) is 11.1 Å². The number of nitrogens with zero attached hydrogens (tertiary/aromatic N) is 2. The van der Waals surface area contributed by atoms with Crippen molar-refractivity contribution < 1.29 is 4.79 Å². The predicted molar refractivity (Wildman–Crippen MR) is 98.8 cm³/mol. The number of hydrogen-bond acceptors (Lipinski definition) is 2. The summed E-state index contributed by atoms with van der Waals surface area (Å²) >= 11 is 0. The van der Waals surface area contributed by atoms with Gasteiger partial charge in [0.1, 0.15) is 0 Å². The number of carbonyl (C=O) groups excluding carboxylic acids is 1. The molecule has 3 aromatic rings. The molecular formula is C21H21N3O. The minimum atomic E-state index is -0.433. The molecule has 0 unspecified atom stereocenters. The van der Waals surface area contributed by atoms with E-state index in [9.17, 15) is 4.79 Å². The van der Waals surface area contributed by atoms with Crippen molar-refractivity contribution in [3.8, 4) is 5.69 Å². The lowest BCUT2D eigenvalue weighted by atomic mass is 9.78. The van der Waals surface area contributed by atoms with Crippen LogP contribution >= 0.6 is 0 Å². The van der Waals surface area contributed by atoms with Crippen LogP contribution in [0.2, 0.25) is 0 Å². The second kappa shape index (κ2) is 6.55. The highest BCUT2D eigenvalue weighted by Crippen LogP contribution is 2.41. The molecule has 1 aliphatic carbocycles. The van der Waals surface area contributed by atoms with Crippen LogP contribution < -0.4 is 5.32 Å². The number of amides is 1. The first-order valence-electron chi connectivity index (χ1n) is 8.76. The van der Waals surface area contributed by atoms with E-state index in [0.29, 0.717) is 5.82 Å². The SMILES string of the molecule is O=C(Nc1ccn(-c2ccccc2)n1)C1(c2ccccc2)CCCC1. The first kappa shape index (κ1) is 15.6. The molecule has 2 aromatic carbocycles. The molecule has 126 valence electrons. The van der Waals surface area contributed by atoms with Gasteiger partial charge in [0.25, 0.3) is 0 Å². The molecule has 1 fully saturated rings. The summed E-state index contributed by atoms with van der Waals surface area (Å²) in [6.07, 6.45) is 5.82. The first-order chi connectivity index (χ1) is 12.3. The Morgan fingerprint density at radius 3 is 2.24 bits per heavy atom. The molecule has 0 atom stereocenters. The molecule has 4 rings (SSSR count). The van der Waals surface area contributed by atoms with Gasteiger partial charge in [0, 0.05) is 12.3 Å². The topological polar surface area (TPSA) is 46.9 Å². The monoisotopic (exact) mass is 331 g/mol. The highest BCUT2D eigenvalue weighted by atomic mass is 16.2. The van der Waals surface area contributed by atoms with Gasteiger partial charge in [-0.05, 0) is 30.5 Å². The Bertz CT molecular complexity index is 849. The van der Waals surface area contributed by atoms with E-state index in [-0.39, 0.29) is 5.91 Å². The number of benzene rings is 2. The third kappa shape index (κ3) is 2.95. The molecular weight excluding hydrogens is 310 g/mol. The molecule has 1 aliphatic rings. The number of para-hydroxylation sites is 1. The minimum Gasteiger partial charge on any atom is -0.308 e.